The zero-order valence-electron chi connectivity index (χ0n) is 24.5. The molecule has 0 aromatic heterocycles. The van der Waals surface area contributed by atoms with Crippen molar-refractivity contribution in [1.29, 1.82) is 0 Å². The fourth-order valence-corrected chi connectivity index (χ4v) is 10.2. The molecule has 0 fully saturated rings. The normalized spacial score (nSPS) is 12.8. The van der Waals surface area contributed by atoms with E-state index in [1.165, 1.54) is 51.4 Å². The molecule has 2 unspecified atom stereocenters. The van der Waals surface area contributed by atoms with E-state index in [1.54, 1.807) is 69.5 Å². The van der Waals surface area contributed by atoms with Crippen LogP contribution in [0, 0.1) is 11.8 Å². The summed E-state index contributed by atoms with van der Waals surface area (Å²) in [5.41, 5.74) is 0.895. The zero-order chi connectivity index (χ0) is 28.9. The van der Waals surface area contributed by atoms with Gasteiger partial charge in [0.2, 0.25) is 0 Å². The molecular formula is C34H48O4Sn. The van der Waals surface area contributed by atoms with Crippen LogP contribution in [0.2, 0.25) is 8.87 Å². The fourth-order valence-electron chi connectivity index (χ4n) is 4.58. The minimum atomic E-state index is -1.49. The smallest absolute Gasteiger partial charge is 0.0681 e. The van der Waals surface area contributed by atoms with E-state index in [0.717, 1.165) is 11.8 Å². The van der Waals surface area contributed by atoms with Gasteiger partial charge in [0, 0.05) is 0 Å². The quantitative estimate of drug-likeness (QED) is 0.143. The average Bonchev–Trinajstić information content (AvgIpc) is 2.95. The Morgan fingerprint density at radius 2 is 1.00 bits per heavy atom. The second-order valence-electron chi connectivity index (χ2n) is 10.3. The van der Waals surface area contributed by atoms with Crippen LogP contribution in [-0.2, 0) is 22.4 Å². The van der Waals surface area contributed by atoms with E-state index in [0.29, 0.717) is 11.1 Å². The molecule has 212 valence electrons. The van der Waals surface area contributed by atoms with Crippen LogP contribution < -0.4 is 10.2 Å². The van der Waals surface area contributed by atoms with Crippen LogP contribution in [0.25, 0.3) is 0 Å². The van der Waals surface area contributed by atoms with Crippen molar-refractivity contribution >= 4 is 33.1 Å². The van der Waals surface area contributed by atoms with Crippen LogP contribution in [0.3, 0.4) is 0 Å². The SMILES string of the molecule is CCCCC(CC)[CH2][Sn+2][CH2]C(CC)CCCC.O=C([O-])/C(Cc1ccccc1)=C(/Cc1ccccc1)C(=O)[O-]. The van der Waals surface area contributed by atoms with Gasteiger partial charge >= 0.3 is 121 Å². The third-order valence-corrected chi connectivity index (χ3v) is 12.2. The van der Waals surface area contributed by atoms with Crippen molar-refractivity contribution in [3.63, 3.8) is 0 Å². The van der Waals surface area contributed by atoms with Crippen molar-refractivity contribution in [2.24, 2.45) is 11.8 Å². The summed E-state index contributed by atoms with van der Waals surface area (Å²) >= 11 is -0.0388. The van der Waals surface area contributed by atoms with Crippen LogP contribution in [0.5, 0.6) is 0 Å². The van der Waals surface area contributed by atoms with Gasteiger partial charge in [0.15, 0.2) is 0 Å². The van der Waals surface area contributed by atoms with Gasteiger partial charge in [-0.05, 0) is 35.1 Å². The largest absolute Gasteiger partial charge is 0.545 e. The first kappa shape index (κ1) is 34.9. The number of rotatable bonds is 18. The van der Waals surface area contributed by atoms with E-state index >= 15 is 0 Å². The predicted octanol–water partition coefficient (Wildman–Crippen LogP) is 6.23. The van der Waals surface area contributed by atoms with Crippen LogP contribution in [-0.4, -0.2) is 33.1 Å². The molecule has 2 rings (SSSR count). The Hall–Kier alpha value is -2.08. The fraction of sp³-hybridized carbons (Fsp3) is 0.529. The molecule has 39 heavy (non-hydrogen) atoms. The van der Waals surface area contributed by atoms with Crippen molar-refractivity contribution < 1.29 is 19.8 Å². The molecule has 2 aromatic rings. The summed E-state index contributed by atoms with van der Waals surface area (Å²) in [6, 6.07) is 17.6. The second kappa shape index (κ2) is 21.7. The Kier molecular flexibility index (Phi) is 19.4. The molecule has 2 atom stereocenters. The minimum Gasteiger partial charge on any atom is -0.545 e. The van der Waals surface area contributed by atoms with Gasteiger partial charge in [-0.15, -0.1) is 0 Å². The summed E-state index contributed by atoms with van der Waals surface area (Å²) in [6.07, 6.45) is 11.6. The van der Waals surface area contributed by atoms with Gasteiger partial charge in [0.25, 0.3) is 0 Å². The van der Waals surface area contributed by atoms with Gasteiger partial charge in [-0.2, -0.15) is 0 Å². The van der Waals surface area contributed by atoms with Crippen molar-refractivity contribution in [3.05, 3.63) is 82.9 Å². The van der Waals surface area contributed by atoms with Crippen molar-refractivity contribution in [2.75, 3.05) is 0 Å². The molecule has 0 aliphatic heterocycles. The monoisotopic (exact) mass is 640 g/mol. The summed E-state index contributed by atoms with van der Waals surface area (Å²) in [5.74, 6) is -0.798. The van der Waals surface area contributed by atoms with Gasteiger partial charge in [-0.3, -0.25) is 0 Å². The van der Waals surface area contributed by atoms with Crippen LogP contribution in [0.1, 0.15) is 90.2 Å². The van der Waals surface area contributed by atoms with E-state index in [-0.39, 0.29) is 45.1 Å². The molecule has 5 heteroatoms. The van der Waals surface area contributed by atoms with E-state index in [1.807, 2.05) is 0 Å². The van der Waals surface area contributed by atoms with Gasteiger partial charge in [0.05, 0.1) is 11.9 Å². The van der Waals surface area contributed by atoms with Gasteiger partial charge in [0.1, 0.15) is 0 Å². The number of unbranched alkanes of at least 4 members (excludes halogenated alkanes) is 2. The number of benzene rings is 2. The maximum absolute atomic E-state index is 11.4. The number of aliphatic carboxylic acids is 2. The molecule has 0 heterocycles. The third-order valence-electron chi connectivity index (χ3n) is 7.26. The molecule has 0 saturated carbocycles. The van der Waals surface area contributed by atoms with Gasteiger partial charge in [-0.25, -0.2) is 0 Å². The summed E-state index contributed by atoms with van der Waals surface area (Å²) in [7, 11) is 0. The summed E-state index contributed by atoms with van der Waals surface area (Å²) < 4.78 is 3.31. The van der Waals surface area contributed by atoms with Crippen molar-refractivity contribution in [1.82, 2.24) is 0 Å². The maximum atomic E-state index is 11.4. The number of carboxylic acids is 2. The second-order valence-corrected chi connectivity index (χ2v) is 14.1. The van der Waals surface area contributed by atoms with E-state index < -0.39 is 11.9 Å². The molecule has 0 saturated heterocycles. The molecule has 0 N–H and O–H groups in total. The molecule has 2 aromatic carbocycles. The Balaban J connectivity index is 0.000000406. The van der Waals surface area contributed by atoms with Crippen LogP contribution in [0.4, 0.5) is 0 Å². The maximum Gasteiger partial charge on any atom is 0.0681 e. The van der Waals surface area contributed by atoms with Crippen LogP contribution >= 0.6 is 0 Å². The number of carbonyl (C=O) groups is 2. The van der Waals surface area contributed by atoms with E-state index in [2.05, 4.69) is 27.7 Å². The first-order chi connectivity index (χ1) is 18.9. The summed E-state index contributed by atoms with van der Waals surface area (Å²) in [4.78, 5) is 22.8. The minimum absolute atomic E-state index is 0.0146. The Labute approximate surface area is 247 Å². The molecule has 4 nitrogen and oxygen atoms in total. The molecule has 0 spiro atoms. The van der Waals surface area contributed by atoms with E-state index in [4.69, 9.17) is 0 Å². The third kappa shape index (κ3) is 15.3. The topological polar surface area (TPSA) is 80.3 Å². The van der Waals surface area contributed by atoms with Crippen LogP contribution in [0.15, 0.2) is 71.8 Å². The molecule has 0 radical (unpaired) electrons. The average molecular weight is 639 g/mol. The molecule has 0 aliphatic carbocycles. The number of hydrogen-bond donors (Lipinski definition) is 0. The first-order valence-corrected chi connectivity index (χ1v) is 18.8. The predicted molar refractivity (Wildman–Crippen MR) is 159 cm³/mol. The molecule has 0 bridgehead atoms. The van der Waals surface area contributed by atoms with E-state index in [9.17, 15) is 19.8 Å². The van der Waals surface area contributed by atoms with Gasteiger partial charge in [-0.1, -0.05) is 60.7 Å². The summed E-state index contributed by atoms with van der Waals surface area (Å²) in [5, 5.41) is 22.8. The molecule has 0 amide bonds. The van der Waals surface area contributed by atoms with Gasteiger partial charge < -0.3 is 19.8 Å². The van der Waals surface area contributed by atoms with Crippen molar-refractivity contribution in [2.45, 2.75) is 101 Å². The first-order valence-electron chi connectivity index (χ1n) is 14.8. The zero-order valence-corrected chi connectivity index (χ0v) is 27.4. The van der Waals surface area contributed by atoms with Crippen molar-refractivity contribution in [3.8, 4) is 0 Å². The standard InChI is InChI=1S/C18H16O4.2C8H17.Sn/c19-17(20)15(11-13-7-3-1-4-8-13)16(18(21)22)12-14-9-5-2-6-10-14;2*1-4-6-7-8(3)5-2;/h1-10H,11-12H2,(H,19,20)(H,21,22);2*8H,3-7H2,1-2H3;/q;;;+2/p-2/b16-15-;;;. The number of carbonyl (C=O) groups excluding carboxylic acids is 2. The number of carboxylic acid groups (broad SMARTS) is 2. The Morgan fingerprint density at radius 1 is 0.641 bits per heavy atom. The summed E-state index contributed by atoms with van der Waals surface area (Å²) in [6.45, 7) is 9.44. The molecule has 0 aliphatic rings. The molecular weight excluding hydrogens is 591 g/mol. The Morgan fingerprint density at radius 3 is 1.28 bits per heavy atom. The Bertz CT molecular complexity index is 878. The number of hydrogen-bond acceptors (Lipinski definition) is 4.